The van der Waals surface area contributed by atoms with Gasteiger partial charge in [0.25, 0.3) is 5.91 Å². The number of carboxylic acids is 1. The Balaban J connectivity index is 2.36. The Hall–Kier alpha value is -2.63. The molecule has 6 heteroatoms. The number of rotatable bonds is 6. The van der Waals surface area contributed by atoms with Gasteiger partial charge in [-0.25, -0.2) is 4.68 Å². The van der Waals surface area contributed by atoms with E-state index in [9.17, 15) is 9.59 Å². The molecule has 0 spiro atoms. The van der Waals surface area contributed by atoms with Crippen LogP contribution in [0.15, 0.2) is 30.5 Å². The van der Waals surface area contributed by atoms with Crippen molar-refractivity contribution in [2.24, 2.45) is 5.92 Å². The number of hydrogen-bond acceptors (Lipinski definition) is 3. The maximum atomic E-state index is 12.8. The van der Waals surface area contributed by atoms with E-state index in [0.29, 0.717) is 17.8 Å². The third kappa shape index (κ3) is 3.82. The van der Waals surface area contributed by atoms with E-state index in [4.69, 9.17) is 5.11 Å². The predicted molar refractivity (Wildman–Crippen MR) is 91.4 cm³/mol. The molecular weight excluding hydrogens is 306 g/mol. The zero-order chi connectivity index (χ0) is 17.9. The number of amides is 1. The van der Waals surface area contributed by atoms with Crippen molar-refractivity contribution in [3.63, 3.8) is 0 Å². The van der Waals surface area contributed by atoms with Gasteiger partial charge in [-0.05, 0) is 31.4 Å². The molecule has 0 bridgehead atoms. The fourth-order valence-electron chi connectivity index (χ4n) is 2.66. The smallest absolute Gasteiger partial charge is 0.323 e. The van der Waals surface area contributed by atoms with Crippen LogP contribution in [0, 0.1) is 19.8 Å². The van der Waals surface area contributed by atoms with Gasteiger partial charge in [0.05, 0.1) is 23.1 Å². The molecule has 0 aliphatic heterocycles. The molecule has 0 saturated heterocycles. The Kier molecular flexibility index (Phi) is 5.39. The highest BCUT2D eigenvalue weighted by Crippen LogP contribution is 2.19. The van der Waals surface area contributed by atoms with E-state index in [2.05, 4.69) is 5.10 Å². The average Bonchev–Trinajstić information content (AvgIpc) is 2.87. The van der Waals surface area contributed by atoms with Crippen LogP contribution in [0.2, 0.25) is 0 Å². The number of aryl methyl sites for hydroxylation is 1. The second-order valence-electron chi connectivity index (χ2n) is 6.32. The summed E-state index contributed by atoms with van der Waals surface area (Å²) < 4.78 is 1.72. The number of carbonyl (C=O) groups is 2. The van der Waals surface area contributed by atoms with Crippen LogP contribution in [0.1, 0.15) is 35.5 Å². The van der Waals surface area contributed by atoms with Gasteiger partial charge in [-0.1, -0.05) is 32.0 Å². The molecule has 24 heavy (non-hydrogen) atoms. The van der Waals surface area contributed by atoms with Gasteiger partial charge >= 0.3 is 5.97 Å². The van der Waals surface area contributed by atoms with E-state index in [0.717, 1.165) is 11.3 Å². The van der Waals surface area contributed by atoms with Crippen molar-refractivity contribution in [1.29, 1.82) is 0 Å². The third-order valence-electron chi connectivity index (χ3n) is 3.78. The zero-order valence-corrected chi connectivity index (χ0v) is 14.5. The van der Waals surface area contributed by atoms with Gasteiger partial charge in [-0.2, -0.15) is 5.10 Å². The van der Waals surface area contributed by atoms with Crippen molar-refractivity contribution in [3.8, 4) is 5.69 Å². The minimum atomic E-state index is -1.02. The first-order valence-corrected chi connectivity index (χ1v) is 7.93. The Morgan fingerprint density at radius 3 is 2.50 bits per heavy atom. The number of nitrogens with zero attached hydrogens (tertiary/aromatic N) is 3. The molecule has 2 rings (SSSR count). The van der Waals surface area contributed by atoms with E-state index < -0.39 is 5.97 Å². The second-order valence-corrected chi connectivity index (χ2v) is 6.32. The largest absolute Gasteiger partial charge is 0.480 e. The summed E-state index contributed by atoms with van der Waals surface area (Å²) in [5.74, 6) is -1.14. The number of aromatic nitrogens is 2. The van der Waals surface area contributed by atoms with Crippen molar-refractivity contribution < 1.29 is 14.7 Å². The summed E-state index contributed by atoms with van der Waals surface area (Å²) in [4.78, 5) is 25.2. The van der Waals surface area contributed by atoms with Crippen LogP contribution in [-0.4, -0.2) is 44.8 Å². The maximum Gasteiger partial charge on any atom is 0.323 e. The predicted octanol–water partition coefficient (Wildman–Crippen LogP) is 2.67. The minimum Gasteiger partial charge on any atom is -0.480 e. The third-order valence-corrected chi connectivity index (χ3v) is 3.78. The fraction of sp³-hybridized carbons (Fsp3) is 0.389. The first-order valence-electron chi connectivity index (χ1n) is 7.93. The highest BCUT2D eigenvalue weighted by molar-refractivity contribution is 5.96. The van der Waals surface area contributed by atoms with E-state index in [1.165, 1.54) is 11.1 Å². The number of benzene rings is 1. The molecule has 0 unspecified atom stereocenters. The Morgan fingerprint density at radius 2 is 1.92 bits per heavy atom. The number of hydrogen-bond donors (Lipinski definition) is 1. The first-order chi connectivity index (χ1) is 11.3. The number of para-hydroxylation sites is 1. The summed E-state index contributed by atoms with van der Waals surface area (Å²) in [5, 5.41) is 13.4. The van der Waals surface area contributed by atoms with Crippen LogP contribution in [0.25, 0.3) is 5.69 Å². The molecule has 1 aromatic heterocycles. The number of aliphatic carboxylic acids is 1. The summed E-state index contributed by atoms with van der Waals surface area (Å²) >= 11 is 0. The van der Waals surface area contributed by atoms with Crippen molar-refractivity contribution >= 4 is 11.9 Å². The van der Waals surface area contributed by atoms with Gasteiger partial charge in [-0.3, -0.25) is 9.59 Å². The molecule has 2 aromatic rings. The minimum absolute atomic E-state index is 0.181. The Bertz CT molecular complexity index is 750. The molecule has 0 fully saturated rings. The van der Waals surface area contributed by atoms with Crippen LogP contribution < -0.4 is 0 Å². The lowest BCUT2D eigenvalue weighted by Crippen LogP contribution is -2.38. The molecule has 128 valence electrons. The molecule has 1 amide bonds. The van der Waals surface area contributed by atoms with Crippen molar-refractivity contribution in [1.82, 2.24) is 14.7 Å². The van der Waals surface area contributed by atoms with Crippen LogP contribution in [0.4, 0.5) is 0 Å². The molecular formula is C18H23N3O3. The highest BCUT2D eigenvalue weighted by atomic mass is 16.4. The topological polar surface area (TPSA) is 75.4 Å². The van der Waals surface area contributed by atoms with Gasteiger partial charge in [0.2, 0.25) is 0 Å². The summed E-state index contributed by atoms with van der Waals surface area (Å²) in [7, 11) is 0. The quantitative estimate of drug-likeness (QED) is 0.884. The monoisotopic (exact) mass is 329 g/mol. The van der Waals surface area contributed by atoms with Crippen LogP contribution >= 0.6 is 0 Å². The zero-order valence-electron chi connectivity index (χ0n) is 14.5. The maximum absolute atomic E-state index is 12.8. The normalized spacial score (nSPS) is 10.9. The molecule has 6 nitrogen and oxygen atoms in total. The SMILES string of the molecule is Cc1ccccc1-n1ncc(C(=O)N(CC(=O)O)CC(C)C)c1C. The fourth-order valence-corrected chi connectivity index (χ4v) is 2.66. The van der Waals surface area contributed by atoms with Crippen LogP contribution in [-0.2, 0) is 4.79 Å². The van der Waals surface area contributed by atoms with E-state index in [1.807, 2.05) is 52.0 Å². The van der Waals surface area contributed by atoms with Crippen LogP contribution in [0.3, 0.4) is 0 Å². The lowest BCUT2D eigenvalue weighted by molar-refractivity contribution is -0.137. The van der Waals surface area contributed by atoms with E-state index in [-0.39, 0.29) is 18.4 Å². The van der Waals surface area contributed by atoms with Gasteiger partial charge in [0, 0.05) is 6.54 Å². The molecule has 0 radical (unpaired) electrons. The summed E-state index contributed by atoms with van der Waals surface area (Å²) in [6, 6.07) is 7.78. The molecule has 1 N–H and O–H groups in total. The number of carbonyl (C=O) groups excluding carboxylic acids is 1. The Labute approximate surface area is 141 Å². The van der Waals surface area contributed by atoms with Gasteiger partial charge < -0.3 is 10.0 Å². The second kappa shape index (κ2) is 7.29. The summed E-state index contributed by atoms with van der Waals surface area (Å²) in [6.45, 7) is 7.78. The number of carboxylic acid groups (broad SMARTS) is 1. The molecule has 1 aromatic carbocycles. The van der Waals surface area contributed by atoms with Crippen molar-refractivity contribution in [3.05, 3.63) is 47.3 Å². The highest BCUT2D eigenvalue weighted by Gasteiger charge is 2.23. The van der Waals surface area contributed by atoms with Gasteiger partial charge in [0.15, 0.2) is 0 Å². The molecule has 0 aliphatic carbocycles. The molecule has 1 heterocycles. The van der Waals surface area contributed by atoms with Gasteiger partial charge in [0.1, 0.15) is 6.54 Å². The average molecular weight is 329 g/mol. The van der Waals surface area contributed by atoms with Gasteiger partial charge in [-0.15, -0.1) is 0 Å². The molecule has 0 aliphatic rings. The molecule has 0 saturated carbocycles. The van der Waals surface area contributed by atoms with Crippen molar-refractivity contribution in [2.45, 2.75) is 27.7 Å². The van der Waals surface area contributed by atoms with Crippen LogP contribution in [0.5, 0.6) is 0 Å². The van der Waals surface area contributed by atoms with E-state index >= 15 is 0 Å². The van der Waals surface area contributed by atoms with Crippen molar-refractivity contribution in [2.75, 3.05) is 13.1 Å². The lowest BCUT2D eigenvalue weighted by atomic mass is 10.1. The lowest BCUT2D eigenvalue weighted by Gasteiger charge is -2.22. The Morgan fingerprint density at radius 1 is 1.25 bits per heavy atom. The summed E-state index contributed by atoms with van der Waals surface area (Å²) in [5.41, 5.74) is 3.09. The molecule has 0 atom stereocenters. The van der Waals surface area contributed by atoms with E-state index in [1.54, 1.807) is 4.68 Å². The standard InChI is InChI=1S/C18H23N3O3/c1-12(2)10-20(11-17(22)23)18(24)15-9-19-21(14(15)4)16-8-6-5-7-13(16)3/h5-9,12H,10-11H2,1-4H3,(H,22,23). The first kappa shape index (κ1) is 17.7. The summed E-state index contributed by atoms with van der Waals surface area (Å²) in [6.07, 6.45) is 1.51.